The van der Waals surface area contributed by atoms with E-state index < -0.39 is 0 Å². The molecule has 0 spiro atoms. The van der Waals surface area contributed by atoms with Gasteiger partial charge in [-0.25, -0.2) is 0 Å². The topological polar surface area (TPSA) is 27.8 Å². The Balaban J connectivity index is 1.61. The Labute approximate surface area is 121 Å². The number of hydrogen-bond acceptors (Lipinski definition) is 1. The third-order valence-corrected chi connectivity index (χ3v) is 5.55. The second-order valence-electron chi connectivity index (χ2n) is 6.74. The van der Waals surface area contributed by atoms with Gasteiger partial charge in [-0.3, -0.25) is 0 Å². The van der Waals surface area contributed by atoms with E-state index in [4.69, 9.17) is 0 Å². The minimum Gasteiger partial charge on any atom is -0.357 e. The van der Waals surface area contributed by atoms with Crippen LogP contribution >= 0.6 is 0 Å². The van der Waals surface area contributed by atoms with E-state index in [0.29, 0.717) is 11.5 Å². The van der Waals surface area contributed by atoms with Crippen LogP contribution in [0.25, 0.3) is 10.9 Å². The van der Waals surface area contributed by atoms with Crippen LogP contribution in [0, 0.1) is 5.41 Å². The van der Waals surface area contributed by atoms with Gasteiger partial charge >= 0.3 is 0 Å². The zero-order valence-corrected chi connectivity index (χ0v) is 12.3. The van der Waals surface area contributed by atoms with Crippen LogP contribution in [0.5, 0.6) is 0 Å². The molecule has 2 N–H and O–H groups in total. The third kappa shape index (κ3) is 1.98. The quantitative estimate of drug-likeness (QED) is 0.849. The number of aromatic nitrogens is 1. The molecule has 2 nitrogen and oxygen atoms in total. The lowest BCUT2D eigenvalue weighted by molar-refractivity contribution is 0.376. The van der Waals surface area contributed by atoms with Crippen molar-refractivity contribution >= 4 is 10.9 Å². The van der Waals surface area contributed by atoms with Crippen LogP contribution in [0.2, 0.25) is 0 Å². The predicted octanol–water partition coefficient (Wildman–Crippen LogP) is 4.33. The van der Waals surface area contributed by atoms with Crippen LogP contribution in [0.4, 0.5) is 0 Å². The molecule has 0 amide bonds. The van der Waals surface area contributed by atoms with Crippen molar-refractivity contribution in [1.29, 1.82) is 0 Å². The van der Waals surface area contributed by atoms with E-state index in [9.17, 15) is 0 Å². The van der Waals surface area contributed by atoms with Crippen molar-refractivity contribution in [2.45, 2.75) is 51.5 Å². The molecule has 1 aromatic heterocycles. The molecule has 0 radical (unpaired) electrons. The fraction of sp³-hybridized carbons (Fsp3) is 0.556. The van der Waals surface area contributed by atoms with Gasteiger partial charge in [-0.05, 0) is 55.6 Å². The summed E-state index contributed by atoms with van der Waals surface area (Å²) in [6, 6.07) is 9.29. The van der Waals surface area contributed by atoms with Crippen molar-refractivity contribution in [2.24, 2.45) is 5.41 Å². The van der Waals surface area contributed by atoms with Gasteiger partial charge in [0.2, 0.25) is 0 Å². The highest BCUT2D eigenvalue weighted by Gasteiger charge is 2.40. The van der Waals surface area contributed by atoms with Crippen molar-refractivity contribution in [3.63, 3.8) is 0 Å². The van der Waals surface area contributed by atoms with E-state index in [1.807, 2.05) is 0 Å². The number of aromatic amines is 1. The highest BCUT2D eigenvalue weighted by Crippen LogP contribution is 2.48. The van der Waals surface area contributed by atoms with Gasteiger partial charge in [-0.15, -0.1) is 0 Å². The van der Waals surface area contributed by atoms with E-state index in [1.165, 1.54) is 61.7 Å². The number of H-pyrrole nitrogens is 1. The van der Waals surface area contributed by atoms with E-state index in [-0.39, 0.29) is 0 Å². The average molecular weight is 268 g/mol. The minimum absolute atomic E-state index is 0.537. The maximum Gasteiger partial charge on any atom is 0.0476 e. The molecule has 2 aliphatic rings. The minimum atomic E-state index is 0.537. The summed E-state index contributed by atoms with van der Waals surface area (Å²) in [4.78, 5) is 3.68. The first kappa shape index (κ1) is 12.5. The molecule has 2 heteroatoms. The zero-order valence-electron chi connectivity index (χ0n) is 12.3. The number of para-hydroxylation sites is 1. The maximum atomic E-state index is 3.86. The molecule has 1 heterocycles. The third-order valence-electron chi connectivity index (χ3n) is 5.55. The molecule has 0 saturated heterocycles. The van der Waals surface area contributed by atoms with Crippen LogP contribution in [0.1, 0.15) is 56.3 Å². The van der Waals surface area contributed by atoms with E-state index in [0.717, 1.165) is 0 Å². The molecule has 1 aromatic carbocycles. The standard InChI is InChI=1S/C18H24N2/c1-2-18(10-11-18)12-19-16-9-5-7-14-13-6-3-4-8-15(13)20-17(14)16/h3-4,6,8,16,19-20H,2,5,7,9-12H2,1H3. The first-order valence-electron chi connectivity index (χ1n) is 8.14. The molecule has 2 aliphatic carbocycles. The maximum absolute atomic E-state index is 3.86. The smallest absolute Gasteiger partial charge is 0.0476 e. The van der Waals surface area contributed by atoms with Gasteiger partial charge in [0.1, 0.15) is 0 Å². The first-order chi connectivity index (χ1) is 9.81. The summed E-state index contributed by atoms with van der Waals surface area (Å²) in [5.41, 5.74) is 4.96. The number of benzene rings is 1. The van der Waals surface area contributed by atoms with Gasteiger partial charge in [0.25, 0.3) is 0 Å². The Kier molecular flexibility index (Phi) is 2.88. The van der Waals surface area contributed by atoms with Crippen LogP contribution in [-0.4, -0.2) is 11.5 Å². The number of rotatable bonds is 4. The molecule has 2 aromatic rings. The number of fused-ring (bicyclic) bond motifs is 3. The Bertz CT molecular complexity index is 621. The summed E-state index contributed by atoms with van der Waals surface area (Å²) in [6.07, 6.45) is 7.99. The molecule has 4 rings (SSSR count). The average Bonchev–Trinajstić information content (AvgIpc) is 3.18. The number of hydrogen-bond donors (Lipinski definition) is 2. The molecule has 1 saturated carbocycles. The molecule has 106 valence electrons. The second kappa shape index (κ2) is 4.63. The summed E-state index contributed by atoms with van der Waals surface area (Å²) in [7, 11) is 0. The van der Waals surface area contributed by atoms with Crippen LogP contribution in [0.3, 0.4) is 0 Å². The Hall–Kier alpha value is -1.28. The summed E-state index contributed by atoms with van der Waals surface area (Å²) >= 11 is 0. The SMILES string of the molecule is CCC1(CNC2CCCc3c2[nH]c2ccccc32)CC1. The van der Waals surface area contributed by atoms with Crippen molar-refractivity contribution in [3.8, 4) is 0 Å². The molecule has 0 bridgehead atoms. The second-order valence-corrected chi connectivity index (χ2v) is 6.74. The largest absolute Gasteiger partial charge is 0.357 e. The van der Waals surface area contributed by atoms with Gasteiger partial charge in [-0.2, -0.15) is 0 Å². The number of aryl methyl sites for hydroxylation is 1. The van der Waals surface area contributed by atoms with E-state index >= 15 is 0 Å². The lowest BCUT2D eigenvalue weighted by Crippen LogP contribution is -2.30. The summed E-state index contributed by atoms with van der Waals surface area (Å²) in [6.45, 7) is 3.53. The van der Waals surface area contributed by atoms with Crippen LogP contribution in [-0.2, 0) is 6.42 Å². The monoisotopic (exact) mass is 268 g/mol. The molecule has 0 aliphatic heterocycles. The zero-order chi connectivity index (χ0) is 13.6. The Morgan fingerprint density at radius 3 is 2.95 bits per heavy atom. The highest BCUT2D eigenvalue weighted by molar-refractivity contribution is 5.85. The lowest BCUT2D eigenvalue weighted by atomic mass is 9.91. The molecular formula is C18H24N2. The first-order valence-corrected chi connectivity index (χ1v) is 8.14. The Morgan fingerprint density at radius 1 is 1.30 bits per heavy atom. The summed E-state index contributed by atoms with van der Waals surface area (Å²) < 4.78 is 0. The fourth-order valence-electron chi connectivity index (χ4n) is 3.79. The molecule has 1 fully saturated rings. The van der Waals surface area contributed by atoms with Gasteiger partial charge in [0.15, 0.2) is 0 Å². The van der Waals surface area contributed by atoms with E-state index in [1.54, 1.807) is 5.56 Å². The Morgan fingerprint density at radius 2 is 2.15 bits per heavy atom. The molecule has 20 heavy (non-hydrogen) atoms. The van der Waals surface area contributed by atoms with Gasteiger partial charge in [0, 0.05) is 29.2 Å². The normalized spacial score (nSPS) is 23.8. The van der Waals surface area contributed by atoms with Crippen molar-refractivity contribution in [3.05, 3.63) is 35.5 Å². The van der Waals surface area contributed by atoms with Crippen molar-refractivity contribution < 1.29 is 0 Å². The summed E-state index contributed by atoms with van der Waals surface area (Å²) in [5.74, 6) is 0. The van der Waals surface area contributed by atoms with Crippen LogP contribution in [0.15, 0.2) is 24.3 Å². The lowest BCUT2D eigenvalue weighted by Gasteiger charge is -2.26. The fourth-order valence-corrected chi connectivity index (χ4v) is 3.79. The summed E-state index contributed by atoms with van der Waals surface area (Å²) in [5, 5.41) is 5.30. The highest BCUT2D eigenvalue weighted by atomic mass is 15.0. The number of nitrogens with one attached hydrogen (secondary N) is 2. The van der Waals surface area contributed by atoms with Crippen molar-refractivity contribution in [2.75, 3.05) is 6.54 Å². The predicted molar refractivity (Wildman–Crippen MR) is 83.9 cm³/mol. The molecule has 1 unspecified atom stereocenters. The van der Waals surface area contributed by atoms with Gasteiger partial charge < -0.3 is 10.3 Å². The van der Waals surface area contributed by atoms with Crippen molar-refractivity contribution in [1.82, 2.24) is 10.3 Å². The van der Waals surface area contributed by atoms with Gasteiger partial charge in [0.05, 0.1) is 0 Å². The van der Waals surface area contributed by atoms with Gasteiger partial charge in [-0.1, -0.05) is 25.1 Å². The van der Waals surface area contributed by atoms with Crippen LogP contribution < -0.4 is 5.32 Å². The van der Waals surface area contributed by atoms with E-state index in [2.05, 4.69) is 41.5 Å². The molecular weight excluding hydrogens is 244 g/mol. The molecule has 1 atom stereocenters.